The van der Waals surface area contributed by atoms with Gasteiger partial charge in [-0.3, -0.25) is 4.98 Å². The molecule has 0 aromatic carbocycles. The Kier molecular flexibility index (Phi) is 2.93. The predicted molar refractivity (Wildman–Crippen MR) is 50.9 cm³/mol. The SMILES string of the molecule is OC1CCCC(Oc2cnccn2)C1. The molecule has 2 rings (SSSR count). The van der Waals surface area contributed by atoms with Crippen molar-refractivity contribution in [2.45, 2.75) is 37.9 Å². The van der Waals surface area contributed by atoms with E-state index in [1.54, 1.807) is 18.6 Å². The van der Waals surface area contributed by atoms with Crippen molar-refractivity contribution in [3.05, 3.63) is 18.6 Å². The van der Waals surface area contributed by atoms with Gasteiger partial charge in [-0.25, -0.2) is 4.98 Å². The molecule has 0 amide bonds. The lowest BCUT2D eigenvalue weighted by Gasteiger charge is -2.25. The van der Waals surface area contributed by atoms with Crippen molar-refractivity contribution in [1.82, 2.24) is 9.97 Å². The largest absolute Gasteiger partial charge is 0.473 e. The maximum absolute atomic E-state index is 9.44. The number of rotatable bonds is 2. The van der Waals surface area contributed by atoms with Crippen molar-refractivity contribution in [3.63, 3.8) is 0 Å². The lowest BCUT2D eigenvalue weighted by molar-refractivity contribution is 0.0512. The molecule has 1 fully saturated rings. The first-order chi connectivity index (χ1) is 6.84. The molecule has 2 unspecified atom stereocenters. The van der Waals surface area contributed by atoms with Gasteiger partial charge in [-0.05, 0) is 19.3 Å². The van der Waals surface area contributed by atoms with Crippen LogP contribution in [0.5, 0.6) is 5.88 Å². The van der Waals surface area contributed by atoms with Crippen molar-refractivity contribution in [2.24, 2.45) is 0 Å². The van der Waals surface area contributed by atoms with Crippen LogP contribution in [0.1, 0.15) is 25.7 Å². The fourth-order valence-corrected chi connectivity index (χ4v) is 1.74. The van der Waals surface area contributed by atoms with Crippen molar-refractivity contribution in [3.8, 4) is 5.88 Å². The summed E-state index contributed by atoms with van der Waals surface area (Å²) < 4.78 is 5.59. The summed E-state index contributed by atoms with van der Waals surface area (Å²) in [5.41, 5.74) is 0. The summed E-state index contributed by atoms with van der Waals surface area (Å²) in [5, 5.41) is 9.44. The van der Waals surface area contributed by atoms with E-state index in [0.29, 0.717) is 12.3 Å². The molecule has 0 aliphatic heterocycles. The molecule has 0 bridgehead atoms. The summed E-state index contributed by atoms with van der Waals surface area (Å²) in [6.45, 7) is 0. The van der Waals surface area contributed by atoms with E-state index in [-0.39, 0.29) is 12.2 Å². The molecule has 76 valence electrons. The van der Waals surface area contributed by atoms with E-state index in [1.165, 1.54) is 0 Å². The average Bonchev–Trinajstić information content (AvgIpc) is 2.19. The number of hydrogen-bond acceptors (Lipinski definition) is 4. The van der Waals surface area contributed by atoms with Crippen LogP contribution in [0.25, 0.3) is 0 Å². The van der Waals surface area contributed by atoms with E-state index in [9.17, 15) is 5.11 Å². The first-order valence-electron chi connectivity index (χ1n) is 4.95. The second-order valence-electron chi connectivity index (χ2n) is 3.60. The first-order valence-corrected chi connectivity index (χ1v) is 4.95. The molecule has 1 N–H and O–H groups in total. The van der Waals surface area contributed by atoms with Crippen LogP contribution in [0.4, 0.5) is 0 Å². The maximum Gasteiger partial charge on any atom is 0.232 e. The lowest BCUT2D eigenvalue weighted by atomic mass is 9.95. The first kappa shape index (κ1) is 9.40. The van der Waals surface area contributed by atoms with E-state index < -0.39 is 0 Å². The molecule has 1 aliphatic rings. The van der Waals surface area contributed by atoms with E-state index in [4.69, 9.17) is 4.74 Å². The highest BCUT2D eigenvalue weighted by atomic mass is 16.5. The highest BCUT2D eigenvalue weighted by Crippen LogP contribution is 2.21. The molecule has 1 heterocycles. The fourth-order valence-electron chi connectivity index (χ4n) is 1.74. The number of aliphatic hydroxyl groups is 1. The molecule has 0 radical (unpaired) electrons. The second-order valence-corrected chi connectivity index (χ2v) is 3.60. The summed E-state index contributed by atoms with van der Waals surface area (Å²) >= 11 is 0. The summed E-state index contributed by atoms with van der Waals surface area (Å²) in [6, 6.07) is 0. The molecular weight excluding hydrogens is 180 g/mol. The number of nitrogens with zero attached hydrogens (tertiary/aromatic N) is 2. The van der Waals surface area contributed by atoms with Gasteiger partial charge in [0.05, 0.1) is 12.3 Å². The molecule has 1 aromatic rings. The van der Waals surface area contributed by atoms with Gasteiger partial charge in [-0.15, -0.1) is 0 Å². The van der Waals surface area contributed by atoms with Gasteiger partial charge in [0.2, 0.25) is 5.88 Å². The monoisotopic (exact) mass is 194 g/mol. The molecular formula is C10H14N2O2. The van der Waals surface area contributed by atoms with Gasteiger partial charge in [0.15, 0.2) is 0 Å². The van der Waals surface area contributed by atoms with Crippen molar-refractivity contribution in [1.29, 1.82) is 0 Å². The Bertz CT molecular complexity index is 279. The predicted octanol–water partition coefficient (Wildman–Crippen LogP) is 1.16. The number of aliphatic hydroxyl groups excluding tert-OH is 1. The third-order valence-corrected chi connectivity index (χ3v) is 2.43. The Hall–Kier alpha value is -1.16. The van der Waals surface area contributed by atoms with Crippen molar-refractivity contribution in [2.75, 3.05) is 0 Å². The normalized spacial score (nSPS) is 27.2. The molecule has 4 nitrogen and oxygen atoms in total. The van der Waals surface area contributed by atoms with Crippen molar-refractivity contribution >= 4 is 0 Å². The Morgan fingerprint density at radius 2 is 2.29 bits per heavy atom. The quantitative estimate of drug-likeness (QED) is 0.767. The zero-order valence-electron chi connectivity index (χ0n) is 7.97. The topological polar surface area (TPSA) is 55.2 Å². The lowest BCUT2D eigenvalue weighted by Crippen LogP contribution is -2.28. The summed E-state index contributed by atoms with van der Waals surface area (Å²) in [7, 11) is 0. The molecule has 4 heteroatoms. The average molecular weight is 194 g/mol. The van der Waals surface area contributed by atoms with Crippen LogP contribution < -0.4 is 4.74 Å². The molecule has 1 aromatic heterocycles. The maximum atomic E-state index is 9.44. The van der Waals surface area contributed by atoms with E-state index in [0.717, 1.165) is 19.3 Å². The van der Waals surface area contributed by atoms with Gasteiger partial charge in [0.25, 0.3) is 0 Å². The zero-order chi connectivity index (χ0) is 9.80. The van der Waals surface area contributed by atoms with Gasteiger partial charge < -0.3 is 9.84 Å². The number of aromatic nitrogens is 2. The van der Waals surface area contributed by atoms with Gasteiger partial charge >= 0.3 is 0 Å². The van der Waals surface area contributed by atoms with Crippen LogP contribution >= 0.6 is 0 Å². The molecule has 0 spiro atoms. The smallest absolute Gasteiger partial charge is 0.232 e. The minimum atomic E-state index is -0.217. The van der Waals surface area contributed by atoms with Crippen molar-refractivity contribution < 1.29 is 9.84 Å². The molecule has 1 saturated carbocycles. The van der Waals surface area contributed by atoms with Crippen LogP contribution in [0.3, 0.4) is 0 Å². The summed E-state index contributed by atoms with van der Waals surface area (Å²) in [4.78, 5) is 7.95. The highest BCUT2D eigenvalue weighted by molar-refractivity contribution is 5.02. The minimum Gasteiger partial charge on any atom is -0.473 e. The Balaban J connectivity index is 1.91. The van der Waals surface area contributed by atoms with E-state index in [2.05, 4.69) is 9.97 Å². The minimum absolute atomic E-state index is 0.0930. The highest BCUT2D eigenvalue weighted by Gasteiger charge is 2.21. The Morgan fingerprint density at radius 3 is 3.00 bits per heavy atom. The summed E-state index contributed by atoms with van der Waals surface area (Å²) in [6.07, 6.45) is 8.30. The van der Waals surface area contributed by atoms with Crippen LogP contribution in [0.2, 0.25) is 0 Å². The van der Waals surface area contributed by atoms with Gasteiger partial charge in [-0.1, -0.05) is 0 Å². The van der Waals surface area contributed by atoms with Crippen LogP contribution in [-0.2, 0) is 0 Å². The standard InChI is InChI=1S/C10H14N2O2/c13-8-2-1-3-9(6-8)14-10-7-11-4-5-12-10/h4-5,7-9,13H,1-3,6H2. The number of ether oxygens (including phenoxy) is 1. The third-order valence-electron chi connectivity index (χ3n) is 2.43. The molecule has 14 heavy (non-hydrogen) atoms. The summed E-state index contributed by atoms with van der Waals surface area (Å²) in [5.74, 6) is 0.548. The van der Waals surface area contributed by atoms with Crippen LogP contribution in [0.15, 0.2) is 18.6 Å². The zero-order valence-corrected chi connectivity index (χ0v) is 7.97. The van der Waals surface area contributed by atoms with Crippen LogP contribution in [0, 0.1) is 0 Å². The Morgan fingerprint density at radius 1 is 1.36 bits per heavy atom. The third kappa shape index (κ3) is 2.42. The van der Waals surface area contributed by atoms with Gasteiger partial charge in [0, 0.05) is 18.8 Å². The Labute approximate surface area is 83.0 Å². The van der Waals surface area contributed by atoms with Gasteiger partial charge in [0.1, 0.15) is 6.10 Å². The van der Waals surface area contributed by atoms with Gasteiger partial charge in [-0.2, -0.15) is 0 Å². The van der Waals surface area contributed by atoms with Crippen LogP contribution in [-0.4, -0.2) is 27.3 Å². The fraction of sp³-hybridized carbons (Fsp3) is 0.600. The molecule has 0 saturated heterocycles. The molecule has 1 aliphatic carbocycles. The van der Waals surface area contributed by atoms with E-state index in [1.807, 2.05) is 0 Å². The second kappa shape index (κ2) is 4.37. The number of hydrogen-bond donors (Lipinski definition) is 1. The molecule has 2 atom stereocenters. The van der Waals surface area contributed by atoms with E-state index >= 15 is 0 Å².